The lowest BCUT2D eigenvalue weighted by atomic mass is 9.69. The molecule has 0 aromatic carbocycles. The van der Waals surface area contributed by atoms with Gasteiger partial charge in [-0.25, -0.2) is 12.7 Å². The maximum atomic E-state index is 12.4. The van der Waals surface area contributed by atoms with Gasteiger partial charge in [0.2, 0.25) is 10.0 Å². The van der Waals surface area contributed by atoms with Gasteiger partial charge in [-0.15, -0.1) is 0 Å². The molecular formula is C13H22N2O3S. The van der Waals surface area contributed by atoms with E-state index in [0.29, 0.717) is 5.92 Å². The Morgan fingerprint density at radius 1 is 1.42 bits per heavy atom. The molecule has 0 unspecified atom stereocenters. The van der Waals surface area contributed by atoms with E-state index in [9.17, 15) is 13.2 Å². The van der Waals surface area contributed by atoms with E-state index in [1.807, 2.05) is 0 Å². The molecular weight excluding hydrogens is 264 g/mol. The van der Waals surface area contributed by atoms with Crippen LogP contribution in [0.15, 0.2) is 0 Å². The molecule has 108 valence electrons. The van der Waals surface area contributed by atoms with Crippen molar-refractivity contribution in [2.24, 2.45) is 22.5 Å². The van der Waals surface area contributed by atoms with Crippen LogP contribution >= 0.6 is 0 Å². The quantitative estimate of drug-likeness (QED) is 0.769. The summed E-state index contributed by atoms with van der Waals surface area (Å²) in [5, 5.41) is 0. The molecule has 1 saturated heterocycles. The molecule has 3 fully saturated rings. The van der Waals surface area contributed by atoms with Crippen LogP contribution in [0.3, 0.4) is 0 Å². The average Bonchev–Trinajstić information content (AvgIpc) is 2.74. The zero-order valence-electron chi connectivity index (χ0n) is 11.7. The Morgan fingerprint density at radius 3 is 2.58 bits per heavy atom. The van der Waals surface area contributed by atoms with Gasteiger partial charge in [0.1, 0.15) is 0 Å². The SMILES string of the molecule is C[C@@H](N)C(=O)N1[C@@H]2C[C@H]3CC[C@]2(CS1(=O)=O)C3(C)C. The van der Waals surface area contributed by atoms with Crippen molar-refractivity contribution in [1.82, 2.24) is 4.31 Å². The number of nitrogens with zero attached hydrogens (tertiary/aromatic N) is 1. The highest BCUT2D eigenvalue weighted by molar-refractivity contribution is 7.90. The smallest absolute Gasteiger partial charge is 0.252 e. The summed E-state index contributed by atoms with van der Waals surface area (Å²) in [6, 6.07) is -0.920. The second-order valence-electron chi connectivity index (χ2n) is 7.04. The zero-order chi connectivity index (χ0) is 14.2. The molecule has 2 bridgehead atoms. The van der Waals surface area contributed by atoms with Crippen molar-refractivity contribution < 1.29 is 13.2 Å². The predicted molar refractivity (Wildman–Crippen MR) is 71.6 cm³/mol. The minimum absolute atomic E-state index is 0.00238. The molecule has 6 heteroatoms. The van der Waals surface area contributed by atoms with E-state index in [4.69, 9.17) is 5.73 Å². The number of hydrogen-bond donors (Lipinski definition) is 1. The summed E-state index contributed by atoms with van der Waals surface area (Å²) >= 11 is 0. The molecule has 1 heterocycles. The van der Waals surface area contributed by atoms with E-state index in [1.165, 1.54) is 0 Å². The van der Waals surface area contributed by atoms with Gasteiger partial charge in [0, 0.05) is 5.41 Å². The fourth-order valence-corrected chi connectivity index (χ4v) is 7.39. The average molecular weight is 286 g/mol. The highest BCUT2D eigenvalue weighted by atomic mass is 32.2. The molecule has 19 heavy (non-hydrogen) atoms. The molecule has 2 saturated carbocycles. The van der Waals surface area contributed by atoms with Gasteiger partial charge in [0.15, 0.2) is 0 Å². The van der Waals surface area contributed by atoms with E-state index < -0.39 is 22.0 Å². The van der Waals surface area contributed by atoms with Crippen LogP contribution in [-0.2, 0) is 14.8 Å². The van der Waals surface area contributed by atoms with Crippen molar-refractivity contribution in [3.05, 3.63) is 0 Å². The maximum absolute atomic E-state index is 12.4. The van der Waals surface area contributed by atoms with Crippen LogP contribution in [0.1, 0.15) is 40.0 Å². The van der Waals surface area contributed by atoms with Crippen LogP contribution in [0.5, 0.6) is 0 Å². The van der Waals surface area contributed by atoms with Gasteiger partial charge < -0.3 is 5.73 Å². The molecule has 1 spiro atoms. The van der Waals surface area contributed by atoms with Crippen molar-refractivity contribution in [2.75, 3.05) is 5.75 Å². The van der Waals surface area contributed by atoms with Crippen LogP contribution < -0.4 is 5.73 Å². The lowest BCUT2D eigenvalue weighted by molar-refractivity contribution is -0.130. The molecule has 3 aliphatic rings. The van der Waals surface area contributed by atoms with Crippen molar-refractivity contribution in [1.29, 1.82) is 0 Å². The maximum Gasteiger partial charge on any atom is 0.252 e. The Morgan fingerprint density at radius 2 is 2.05 bits per heavy atom. The molecule has 0 aromatic heterocycles. The van der Waals surface area contributed by atoms with E-state index in [0.717, 1.165) is 23.6 Å². The summed E-state index contributed by atoms with van der Waals surface area (Å²) in [6.45, 7) is 5.89. The van der Waals surface area contributed by atoms with Gasteiger partial charge in [0.25, 0.3) is 5.91 Å². The summed E-state index contributed by atoms with van der Waals surface area (Å²) in [6.07, 6.45) is 2.81. The van der Waals surface area contributed by atoms with Crippen LogP contribution in [0, 0.1) is 16.7 Å². The minimum atomic E-state index is -3.50. The highest BCUT2D eigenvalue weighted by Crippen LogP contribution is 2.69. The fraction of sp³-hybridized carbons (Fsp3) is 0.923. The van der Waals surface area contributed by atoms with Gasteiger partial charge >= 0.3 is 0 Å². The van der Waals surface area contributed by atoms with Crippen molar-refractivity contribution >= 4 is 15.9 Å². The number of fused-ring (bicyclic) bond motifs is 1. The minimum Gasteiger partial charge on any atom is -0.320 e. The van der Waals surface area contributed by atoms with Gasteiger partial charge in [-0.1, -0.05) is 13.8 Å². The van der Waals surface area contributed by atoms with Crippen molar-refractivity contribution in [3.63, 3.8) is 0 Å². The third-order valence-electron chi connectivity index (χ3n) is 6.02. The fourth-order valence-electron chi connectivity index (χ4n) is 4.78. The Balaban J connectivity index is 2.09. The summed E-state index contributed by atoms with van der Waals surface area (Å²) in [7, 11) is -3.50. The molecule has 2 N–H and O–H groups in total. The standard InChI is InChI=1S/C13H22N2O3S/c1-8(14)11(16)15-10-6-9-4-5-13(10,12(9,2)3)7-19(15,17)18/h8-10H,4-7,14H2,1-3H3/t8-,9-,10-,13-/m1/s1. The Bertz CT molecular complexity index is 540. The number of rotatable bonds is 1. The molecule has 1 amide bonds. The van der Waals surface area contributed by atoms with E-state index >= 15 is 0 Å². The van der Waals surface area contributed by atoms with Crippen LogP contribution in [0.25, 0.3) is 0 Å². The Kier molecular flexibility index (Phi) is 2.48. The van der Waals surface area contributed by atoms with Crippen LogP contribution in [0.2, 0.25) is 0 Å². The van der Waals surface area contributed by atoms with Crippen LogP contribution in [-0.4, -0.2) is 36.5 Å². The van der Waals surface area contributed by atoms with E-state index in [2.05, 4.69) is 13.8 Å². The van der Waals surface area contributed by atoms with Gasteiger partial charge in [0.05, 0.1) is 17.8 Å². The molecule has 2 aliphatic carbocycles. The first-order valence-corrected chi connectivity index (χ1v) is 8.56. The summed E-state index contributed by atoms with van der Waals surface area (Å²) < 4.78 is 26.0. The first-order valence-electron chi connectivity index (χ1n) is 6.95. The highest BCUT2D eigenvalue weighted by Gasteiger charge is 2.72. The third-order valence-corrected chi connectivity index (χ3v) is 7.93. The normalized spacial score (nSPS) is 43.3. The molecule has 3 rings (SSSR count). The first-order chi connectivity index (χ1) is 8.63. The van der Waals surface area contributed by atoms with Gasteiger partial charge in [-0.2, -0.15) is 0 Å². The first kappa shape index (κ1) is 13.4. The van der Waals surface area contributed by atoms with Gasteiger partial charge in [-0.3, -0.25) is 4.79 Å². The van der Waals surface area contributed by atoms with E-state index in [-0.39, 0.29) is 22.6 Å². The monoisotopic (exact) mass is 286 g/mol. The Hall–Kier alpha value is -0.620. The van der Waals surface area contributed by atoms with Crippen molar-refractivity contribution in [3.8, 4) is 0 Å². The Labute approximate surface area is 114 Å². The second-order valence-corrected chi connectivity index (χ2v) is 8.89. The zero-order valence-corrected chi connectivity index (χ0v) is 12.5. The lowest BCUT2D eigenvalue weighted by Crippen LogP contribution is -2.49. The molecule has 1 aliphatic heterocycles. The summed E-state index contributed by atoms with van der Waals surface area (Å²) in [5.74, 6) is 0.203. The number of hydrogen-bond acceptors (Lipinski definition) is 4. The molecule has 0 aromatic rings. The van der Waals surface area contributed by atoms with E-state index in [1.54, 1.807) is 6.92 Å². The molecule has 4 atom stereocenters. The number of nitrogens with two attached hydrogens (primary N) is 1. The number of carbonyl (C=O) groups excluding carboxylic acids is 1. The number of amides is 1. The van der Waals surface area contributed by atoms with Crippen molar-refractivity contribution in [2.45, 2.75) is 52.1 Å². The number of sulfonamides is 1. The predicted octanol–water partition coefficient (Wildman–Crippen LogP) is 0.700. The van der Waals surface area contributed by atoms with Crippen LogP contribution in [0.4, 0.5) is 0 Å². The lowest BCUT2D eigenvalue weighted by Gasteiger charge is -2.37. The number of carbonyl (C=O) groups is 1. The van der Waals surface area contributed by atoms with Gasteiger partial charge in [-0.05, 0) is 37.5 Å². The molecule has 0 radical (unpaired) electrons. The third kappa shape index (κ3) is 1.39. The summed E-state index contributed by atoms with van der Waals surface area (Å²) in [5.41, 5.74) is 5.38. The second kappa shape index (κ2) is 3.52. The molecule has 5 nitrogen and oxygen atoms in total. The summed E-state index contributed by atoms with van der Waals surface area (Å²) in [4.78, 5) is 12.2. The largest absolute Gasteiger partial charge is 0.320 e. The topological polar surface area (TPSA) is 80.5 Å².